The van der Waals surface area contributed by atoms with Crippen LogP contribution in [0.4, 0.5) is 0 Å². The van der Waals surface area contributed by atoms with E-state index in [1.54, 1.807) is 0 Å². The van der Waals surface area contributed by atoms with Gasteiger partial charge in [0.2, 0.25) is 0 Å². The maximum atomic E-state index is 3.62. The van der Waals surface area contributed by atoms with Crippen molar-refractivity contribution in [3.8, 4) is 0 Å². The van der Waals surface area contributed by atoms with E-state index in [-0.39, 0.29) is 0 Å². The Morgan fingerprint density at radius 3 is 2.94 bits per heavy atom. The van der Waals surface area contributed by atoms with Gasteiger partial charge in [0.05, 0.1) is 0 Å². The maximum Gasteiger partial charge on any atom is 0.0187 e. The van der Waals surface area contributed by atoms with Crippen molar-refractivity contribution in [2.45, 2.75) is 44.4 Å². The third kappa shape index (κ3) is 4.36. The average Bonchev–Trinajstić information content (AvgIpc) is 2.38. The van der Waals surface area contributed by atoms with E-state index in [9.17, 15) is 0 Å². The minimum Gasteiger partial charge on any atom is -0.314 e. The van der Waals surface area contributed by atoms with Crippen molar-refractivity contribution in [2.75, 3.05) is 12.3 Å². The van der Waals surface area contributed by atoms with Crippen LogP contribution in [-0.2, 0) is 5.75 Å². The molecule has 0 radical (unpaired) electrons. The van der Waals surface area contributed by atoms with E-state index in [0.29, 0.717) is 0 Å². The molecule has 1 atom stereocenters. The van der Waals surface area contributed by atoms with Gasteiger partial charge in [0, 0.05) is 11.8 Å². The Bertz CT molecular complexity index is 331. The molecule has 94 valence electrons. The van der Waals surface area contributed by atoms with E-state index < -0.39 is 0 Å². The van der Waals surface area contributed by atoms with Crippen molar-refractivity contribution in [3.05, 3.63) is 35.4 Å². The number of aryl methyl sites for hydroxylation is 1. The topological polar surface area (TPSA) is 12.0 Å². The Balaban J connectivity index is 1.64. The van der Waals surface area contributed by atoms with Crippen LogP contribution in [0.25, 0.3) is 0 Å². The summed E-state index contributed by atoms with van der Waals surface area (Å²) in [5.74, 6) is 2.45. The molecular weight excluding hydrogens is 226 g/mol. The van der Waals surface area contributed by atoms with Gasteiger partial charge in [-0.25, -0.2) is 0 Å². The molecule has 1 N–H and O–H groups in total. The van der Waals surface area contributed by atoms with E-state index in [4.69, 9.17) is 0 Å². The molecule has 1 heterocycles. The average molecular weight is 249 g/mol. The first-order valence-electron chi connectivity index (χ1n) is 6.72. The van der Waals surface area contributed by atoms with E-state index in [2.05, 4.69) is 48.3 Å². The summed E-state index contributed by atoms with van der Waals surface area (Å²) in [7, 11) is 0. The highest BCUT2D eigenvalue weighted by Gasteiger charge is 2.11. The van der Waals surface area contributed by atoms with Gasteiger partial charge in [-0.2, -0.15) is 11.8 Å². The number of hydrogen-bond donors (Lipinski definition) is 1. The summed E-state index contributed by atoms with van der Waals surface area (Å²) >= 11 is 2.07. The van der Waals surface area contributed by atoms with Crippen LogP contribution in [0.3, 0.4) is 0 Å². The number of benzene rings is 1. The fraction of sp³-hybridized carbons (Fsp3) is 0.600. The first-order chi connectivity index (χ1) is 8.36. The van der Waals surface area contributed by atoms with Crippen LogP contribution in [0, 0.1) is 6.92 Å². The number of piperidine rings is 1. The smallest absolute Gasteiger partial charge is 0.0187 e. The first-order valence-corrected chi connectivity index (χ1v) is 7.87. The largest absolute Gasteiger partial charge is 0.314 e. The zero-order valence-electron chi connectivity index (χ0n) is 10.7. The van der Waals surface area contributed by atoms with E-state index in [0.717, 1.165) is 6.04 Å². The summed E-state index contributed by atoms with van der Waals surface area (Å²) in [5, 5.41) is 3.62. The summed E-state index contributed by atoms with van der Waals surface area (Å²) in [6.45, 7) is 3.44. The van der Waals surface area contributed by atoms with Crippen LogP contribution in [0.2, 0.25) is 0 Å². The van der Waals surface area contributed by atoms with Gasteiger partial charge in [0.1, 0.15) is 0 Å². The molecule has 1 nitrogen and oxygen atoms in total. The third-order valence-corrected chi connectivity index (χ3v) is 4.58. The molecule has 0 saturated carbocycles. The van der Waals surface area contributed by atoms with Crippen LogP contribution in [0.5, 0.6) is 0 Å². The molecule has 0 aliphatic carbocycles. The van der Waals surface area contributed by atoms with Crippen LogP contribution >= 0.6 is 11.8 Å². The Kier molecular flexibility index (Phi) is 5.40. The molecular formula is C15H23NS. The van der Waals surface area contributed by atoms with Crippen molar-refractivity contribution in [1.82, 2.24) is 5.32 Å². The quantitative estimate of drug-likeness (QED) is 0.797. The Morgan fingerprint density at radius 2 is 2.18 bits per heavy atom. The van der Waals surface area contributed by atoms with Gasteiger partial charge in [-0.15, -0.1) is 0 Å². The fourth-order valence-corrected chi connectivity index (χ4v) is 3.49. The molecule has 1 aromatic carbocycles. The Labute approximate surface area is 109 Å². The SMILES string of the molecule is Cc1ccccc1CSCCC1CCCCN1. The van der Waals surface area contributed by atoms with E-state index >= 15 is 0 Å². The molecule has 2 rings (SSSR count). The minimum atomic E-state index is 0.785. The molecule has 0 amide bonds. The second-order valence-corrected chi connectivity index (χ2v) is 6.02. The van der Waals surface area contributed by atoms with Gasteiger partial charge in [-0.3, -0.25) is 0 Å². The normalized spacial score (nSPS) is 20.4. The molecule has 1 unspecified atom stereocenters. The molecule has 0 bridgehead atoms. The van der Waals surface area contributed by atoms with Crippen molar-refractivity contribution >= 4 is 11.8 Å². The van der Waals surface area contributed by atoms with Gasteiger partial charge < -0.3 is 5.32 Å². The lowest BCUT2D eigenvalue weighted by atomic mass is 10.0. The van der Waals surface area contributed by atoms with Gasteiger partial charge in [-0.05, 0) is 49.6 Å². The van der Waals surface area contributed by atoms with Gasteiger partial charge >= 0.3 is 0 Å². The highest BCUT2D eigenvalue weighted by Crippen LogP contribution is 2.18. The summed E-state index contributed by atoms with van der Waals surface area (Å²) in [6, 6.07) is 9.51. The molecule has 1 aliphatic rings. The second kappa shape index (κ2) is 7.07. The molecule has 0 aromatic heterocycles. The number of nitrogens with one attached hydrogen (secondary N) is 1. The van der Waals surface area contributed by atoms with Gasteiger partial charge in [0.25, 0.3) is 0 Å². The zero-order valence-corrected chi connectivity index (χ0v) is 11.6. The zero-order chi connectivity index (χ0) is 11.9. The van der Waals surface area contributed by atoms with Crippen LogP contribution in [0.15, 0.2) is 24.3 Å². The summed E-state index contributed by atoms with van der Waals surface area (Å²) in [5.41, 5.74) is 2.92. The van der Waals surface area contributed by atoms with Crippen molar-refractivity contribution in [2.24, 2.45) is 0 Å². The minimum absolute atomic E-state index is 0.785. The van der Waals surface area contributed by atoms with Crippen LogP contribution in [-0.4, -0.2) is 18.3 Å². The molecule has 0 spiro atoms. The second-order valence-electron chi connectivity index (χ2n) is 4.91. The lowest BCUT2D eigenvalue weighted by Crippen LogP contribution is -2.34. The standard InChI is InChI=1S/C15H23NS/c1-13-6-2-3-7-14(13)12-17-11-9-15-8-4-5-10-16-15/h2-3,6-7,15-16H,4-5,8-12H2,1H3. The van der Waals surface area contributed by atoms with Crippen molar-refractivity contribution < 1.29 is 0 Å². The Hall–Kier alpha value is -0.470. The molecule has 1 fully saturated rings. The van der Waals surface area contributed by atoms with Crippen LogP contribution in [0.1, 0.15) is 36.8 Å². The lowest BCUT2D eigenvalue weighted by molar-refractivity contribution is 0.395. The molecule has 1 aromatic rings. The number of rotatable bonds is 5. The summed E-state index contributed by atoms with van der Waals surface area (Å²) < 4.78 is 0. The third-order valence-electron chi connectivity index (χ3n) is 3.54. The molecule has 2 heteroatoms. The number of hydrogen-bond acceptors (Lipinski definition) is 2. The summed E-state index contributed by atoms with van der Waals surface area (Å²) in [4.78, 5) is 0. The van der Waals surface area contributed by atoms with Crippen molar-refractivity contribution in [1.29, 1.82) is 0 Å². The maximum absolute atomic E-state index is 3.62. The molecule has 1 aliphatic heterocycles. The predicted molar refractivity (Wildman–Crippen MR) is 77.6 cm³/mol. The van der Waals surface area contributed by atoms with Crippen molar-refractivity contribution in [3.63, 3.8) is 0 Å². The highest BCUT2D eigenvalue weighted by molar-refractivity contribution is 7.98. The fourth-order valence-electron chi connectivity index (χ4n) is 2.35. The number of thioether (sulfide) groups is 1. The lowest BCUT2D eigenvalue weighted by Gasteiger charge is -2.23. The monoisotopic (exact) mass is 249 g/mol. The Morgan fingerprint density at radius 1 is 1.29 bits per heavy atom. The van der Waals surface area contributed by atoms with Gasteiger partial charge in [0.15, 0.2) is 0 Å². The van der Waals surface area contributed by atoms with Crippen LogP contribution < -0.4 is 5.32 Å². The summed E-state index contributed by atoms with van der Waals surface area (Å²) in [6.07, 6.45) is 5.49. The predicted octanol–water partition coefficient (Wildman–Crippen LogP) is 3.76. The van der Waals surface area contributed by atoms with E-state index in [1.165, 1.54) is 54.9 Å². The first kappa shape index (κ1) is 13.0. The molecule has 17 heavy (non-hydrogen) atoms. The van der Waals surface area contributed by atoms with Gasteiger partial charge in [-0.1, -0.05) is 30.7 Å². The van der Waals surface area contributed by atoms with E-state index in [1.807, 2.05) is 0 Å². The molecule has 1 saturated heterocycles. The highest BCUT2D eigenvalue weighted by atomic mass is 32.2.